The Bertz CT molecular complexity index is 575. The molecule has 122 valence electrons. The molecule has 0 saturated carbocycles. The molecule has 3 atom stereocenters. The Labute approximate surface area is 132 Å². The van der Waals surface area contributed by atoms with Gasteiger partial charge in [-0.25, -0.2) is 18.2 Å². The second-order valence-corrected chi connectivity index (χ2v) is 6.53. The summed E-state index contributed by atoms with van der Waals surface area (Å²) in [5, 5.41) is 0.145. The maximum absolute atomic E-state index is 15.5. The summed E-state index contributed by atoms with van der Waals surface area (Å²) in [5.41, 5.74) is 1.97. The Kier molecular flexibility index (Phi) is 4.77. The summed E-state index contributed by atoms with van der Waals surface area (Å²) >= 11 is 1.08. The predicted molar refractivity (Wildman–Crippen MR) is 83.9 cm³/mol. The second kappa shape index (κ2) is 6.12. The molecule has 1 saturated heterocycles. The largest absolute Gasteiger partial charge is 0.379 e. The van der Waals surface area contributed by atoms with Gasteiger partial charge in [0, 0.05) is 23.8 Å². The molecule has 1 fully saturated rings. The van der Waals surface area contributed by atoms with Gasteiger partial charge in [0.1, 0.15) is 17.2 Å². The van der Waals surface area contributed by atoms with E-state index in [9.17, 15) is 8.78 Å². The Morgan fingerprint density at radius 3 is 2.86 bits per heavy atom. The average molecular weight is 332 g/mol. The first-order valence-electron chi connectivity index (χ1n) is 6.91. The predicted octanol–water partition coefficient (Wildman–Crippen LogP) is 3.59. The Morgan fingerprint density at radius 2 is 2.23 bits per heavy atom. The molecular formula is C15H19F3N2OS. The third kappa shape index (κ3) is 2.84. The van der Waals surface area contributed by atoms with Gasteiger partial charge in [-0.3, -0.25) is 0 Å². The lowest BCUT2D eigenvalue weighted by molar-refractivity contribution is -0.0894. The van der Waals surface area contributed by atoms with Gasteiger partial charge in [-0.15, -0.1) is 0 Å². The van der Waals surface area contributed by atoms with Gasteiger partial charge in [0.25, 0.3) is 0 Å². The molecule has 0 aromatic carbocycles. The van der Waals surface area contributed by atoms with Gasteiger partial charge >= 0.3 is 0 Å². The number of rotatable bonds is 3. The number of hydrogen-bond acceptors (Lipinski definition) is 4. The normalized spacial score (nSPS) is 36.6. The van der Waals surface area contributed by atoms with Crippen molar-refractivity contribution in [3.63, 3.8) is 0 Å². The summed E-state index contributed by atoms with van der Waals surface area (Å²) in [4.78, 5) is 4.13. The zero-order valence-corrected chi connectivity index (χ0v) is 13.4. The third-order valence-electron chi connectivity index (χ3n) is 4.01. The lowest BCUT2D eigenvalue weighted by Crippen LogP contribution is -2.63. The van der Waals surface area contributed by atoms with Crippen LogP contribution >= 0.6 is 11.8 Å². The number of nitrogens with two attached hydrogens (primary N) is 1. The first-order chi connectivity index (χ1) is 10.2. The summed E-state index contributed by atoms with van der Waals surface area (Å²) in [5.74, 6) is -1.69. The quantitative estimate of drug-likeness (QED) is 0.804. The fourth-order valence-corrected chi connectivity index (χ4v) is 3.66. The van der Waals surface area contributed by atoms with Crippen LogP contribution in [0.3, 0.4) is 0 Å². The Morgan fingerprint density at radius 1 is 1.55 bits per heavy atom. The number of nitrogens with zero attached hydrogens (tertiary/aromatic N) is 1. The minimum atomic E-state index is -1.84. The smallest absolute Gasteiger partial charge is 0.155 e. The van der Waals surface area contributed by atoms with Crippen LogP contribution in [0.2, 0.25) is 0 Å². The molecule has 0 aromatic heterocycles. The number of thioether (sulfide) groups is 1. The lowest BCUT2D eigenvalue weighted by Gasteiger charge is -2.50. The number of halogens is 3. The molecule has 7 heteroatoms. The van der Waals surface area contributed by atoms with Crippen molar-refractivity contribution >= 4 is 16.9 Å². The van der Waals surface area contributed by atoms with Crippen LogP contribution in [0.25, 0.3) is 0 Å². The van der Waals surface area contributed by atoms with E-state index in [-0.39, 0.29) is 35.6 Å². The first-order valence-corrected chi connectivity index (χ1v) is 7.90. The molecule has 2 rings (SSSR count). The fourth-order valence-electron chi connectivity index (χ4n) is 2.71. The van der Waals surface area contributed by atoms with E-state index in [0.717, 1.165) is 17.8 Å². The van der Waals surface area contributed by atoms with Crippen LogP contribution < -0.4 is 5.73 Å². The highest BCUT2D eigenvalue weighted by molar-refractivity contribution is 8.13. The summed E-state index contributed by atoms with van der Waals surface area (Å²) in [6.45, 7) is 6.61. The SMILES string of the molecule is C=C(/C(F)=C\C(F)=C/C)[C@]12CO[C@@H](C)C[C@@]1(F)CSC(N)=N2. The third-order valence-corrected chi connectivity index (χ3v) is 5.00. The van der Waals surface area contributed by atoms with Crippen molar-refractivity contribution in [1.82, 2.24) is 0 Å². The highest BCUT2D eigenvalue weighted by Crippen LogP contribution is 2.50. The molecule has 2 heterocycles. The summed E-state index contributed by atoms with van der Waals surface area (Å²) in [7, 11) is 0. The molecular weight excluding hydrogens is 313 g/mol. The fraction of sp³-hybridized carbons (Fsp3) is 0.533. The van der Waals surface area contributed by atoms with E-state index in [1.54, 1.807) is 6.92 Å². The molecule has 2 aliphatic heterocycles. The van der Waals surface area contributed by atoms with Gasteiger partial charge in [0.2, 0.25) is 0 Å². The van der Waals surface area contributed by atoms with E-state index in [4.69, 9.17) is 10.5 Å². The molecule has 0 amide bonds. The summed E-state index contributed by atoms with van der Waals surface area (Å²) in [6, 6.07) is 0. The Hall–Kier alpha value is -1.21. The minimum absolute atomic E-state index is 0.0361. The topological polar surface area (TPSA) is 47.6 Å². The van der Waals surface area contributed by atoms with Crippen molar-refractivity contribution in [2.75, 3.05) is 12.4 Å². The lowest BCUT2D eigenvalue weighted by atomic mass is 9.72. The van der Waals surface area contributed by atoms with Crippen LogP contribution in [-0.4, -0.2) is 34.8 Å². The van der Waals surface area contributed by atoms with Crippen molar-refractivity contribution in [2.45, 2.75) is 37.6 Å². The standard InChI is InChI=1S/C15H19F3N2OS/c1-4-11(16)5-12(17)10(3)15-7-21-9(2)6-14(15,18)8-22-13(19)20-15/h4-5,9H,3,6-8H2,1-2H3,(H2,19,20)/b11-4+,12-5+/t9-,14+,15+/m0/s1. The number of ether oxygens (including phenoxy) is 1. The molecule has 0 bridgehead atoms. The van der Waals surface area contributed by atoms with Gasteiger partial charge in [-0.05, 0) is 13.8 Å². The molecule has 0 unspecified atom stereocenters. The molecule has 3 nitrogen and oxygen atoms in total. The average Bonchev–Trinajstić information content (AvgIpc) is 2.47. The molecule has 0 radical (unpaired) electrons. The number of allylic oxidation sites excluding steroid dienone is 3. The van der Waals surface area contributed by atoms with Crippen molar-refractivity contribution in [3.05, 3.63) is 36.0 Å². The molecule has 2 N–H and O–H groups in total. The summed E-state index contributed by atoms with van der Waals surface area (Å²) < 4.78 is 48.6. The number of amidine groups is 1. The highest BCUT2D eigenvalue weighted by Gasteiger charge is 2.60. The molecule has 22 heavy (non-hydrogen) atoms. The van der Waals surface area contributed by atoms with Gasteiger partial charge in [-0.2, -0.15) is 0 Å². The number of fused-ring (bicyclic) bond motifs is 1. The van der Waals surface area contributed by atoms with Crippen LogP contribution in [0.15, 0.2) is 41.0 Å². The van der Waals surface area contributed by atoms with Gasteiger partial charge in [0.05, 0.1) is 12.7 Å². The van der Waals surface area contributed by atoms with Crippen LogP contribution in [0, 0.1) is 0 Å². The Balaban J connectivity index is 2.48. The molecule has 0 spiro atoms. The van der Waals surface area contributed by atoms with Crippen molar-refractivity contribution in [2.24, 2.45) is 10.7 Å². The van der Waals surface area contributed by atoms with E-state index in [2.05, 4.69) is 11.6 Å². The number of alkyl halides is 1. The van der Waals surface area contributed by atoms with E-state index in [1.807, 2.05) is 0 Å². The number of hydrogen-bond donors (Lipinski definition) is 1. The molecule has 0 aromatic rings. The zero-order chi connectivity index (χ0) is 16.5. The van der Waals surface area contributed by atoms with E-state index < -0.39 is 22.9 Å². The molecule has 0 aliphatic carbocycles. The first kappa shape index (κ1) is 17.1. The summed E-state index contributed by atoms with van der Waals surface area (Å²) in [6.07, 6.45) is 1.50. The van der Waals surface area contributed by atoms with Gasteiger partial charge < -0.3 is 10.5 Å². The molecule has 2 aliphatic rings. The van der Waals surface area contributed by atoms with Crippen molar-refractivity contribution in [3.8, 4) is 0 Å². The van der Waals surface area contributed by atoms with Crippen LogP contribution in [0.1, 0.15) is 20.3 Å². The second-order valence-electron chi connectivity index (χ2n) is 5.53. The van der Waals surface area contributed by atoms with Gasteiger partial charge in [-0.1, -0.05) is 24.4 Å². The highest BCUT2D eigenvalue weighted by atomic mass is 32.2. The van der Waals surface area contributed by atoms with E-state index >= 15 is 4.39 Å². The minimum Gasteiger partial charge on any atom is -0.379 e. The maximum atomic E-state index is 15.5. The number of aliphatic imine (C=N–C) groups is 1. The maximum Gasteiger partial charge on any atom is 0.155 e. The van der Waals surface area contributed by atoms with Crippen LogP contribution in [0.5, 0.6) is 0 Å². The van der Waals surface area contributed by atoms with Gasteiger partial charge in [0.15, 0.2) is 10.8 Å². The van der Waals surface area contributed by atoms with E-state index in [1.165, 1.54) is 6.92 Å². The van der Waals surface area contributed by atoms with E-state index in [0.29, 0.717) is 6.08 Å². The van der Waals surface area contributed by atoms with Crippen molar-refractivity contribution in [1.29, 1.82) is 0 Å². The van der Waals surface area contributed by atoms with Crippen LogP contribution in [-0.2, 0) is 4.74 Å². The zero-order valence-electron chi connectivity index (χ0n) is 12.5. The monoisotopic (exact) mass is 332 g/mol. The van der Waals surface area contributed by atoms with Crippen LogP contribution in [0.4, 0.5) is 13.2 Å². The van der Waals surface area contributed by atoms with Crippen molar-refractivity contribution < 1.29 is 17.9 Å².